The molecule has 0 amide bonds. The van der Waals surface area contributed by atoms with Crippen LogP contribution < -0.4 is 0 Å². The fourth-order valence-corrected chi connectivity index (χ4v) is 1.76. The number of hydrogen-bond acceptors (Lipinski definition) is 12. The number of allylic oxidation sites excluding steroid dienone is 12. The zero-order valence-electron chi connectivity index (χ0n) is 27.0. The summed E-state index contributed by atoms with van der Waals surface area (Å²) in [5, 5.41) is 50.2. The second kappa shape index (κ2) is 35.8. The monoisotopic (exact) mass is 656 g/mol. The summed E-state index contributed by atoms with van der Waals surface area (Å²) >= 11 is 0. The van der Waals surface area contributed by atoms with Crippen LogP contribution in [0.3, 0.4) is 0 Å². The van der Waals surface area contributed by atoms with Crippen molar-refractivity contribution in [3.8, 4) is 0 Å². The summed E-state index contributed by atoms with van der Waals surface area (Å²) < 4.78 is 0. The van der Waals surface area contributed by atoms with E-state index in [9.17, 15) is 28.8 Å². The summed E-state index contributed by atoms with van der Waals surface area (Å²) in [6.07, 6.45) is 7.00. The first kappa shape index (κ1) is 54.8. The summed E-state index contributed by atoms with van der Waals surface area (Å²) in [6.45, 7) is 17.1. The Morgan fingerprint density at radius 1 is 0.279 bits per heavy atom. The Bertz CT molecular complexity index is 816. The van der Waals surface area contributed by atoms with Gasteiger partial charge in [0.05, 0.1) is 34.6 Å². The molecule has 0 aliphatic heterocycles. The summed E-state index contributed by atoms with van der Waals surface area (Å²) in [4.78, 5) is 60.1. The van der Waals surface area contributed by atoms with Crippen LogP contribution in [0.2, 0.25) is 0 Å². The minimum atomic E-state index is -0.125. The van der Waals surface area contributed by atoms with E-state index in [1.165, 1.54) is 120 Å². The molecule has 0 aliphatic carbocycles. The largest absolute Gasteiger partial charge is 0.512 e. The van der Waals surface area contributed by atoms with E-state index in [0.717, 1.165) is 0 Å². The standard InChI is InChI=1S/6C5H8O2.Fe/c6*1-4(6)3-5(2)7;/h6*3,6H,1-2H3;/b4-3+;5*4-3-;. The van der Waals surface area contributed by atoms with E-state index in [1.807, 2.05) is 0 Å². The van der Waals surface area contributed by atoms with E-state index >= 15 is 0 Å². The molecule has 0 bridgehead atoms. The normalized spacial score (nSPS) is 11.2. The molecule has 6 N–H and O–H groups in total. The third-order valence-corrected chi connectivity index (χ3v) is 2.47. The molecule has 0 aromatic rings. The fourth-order valence-electron chi connectivity index (χ4n) is 1.76. The molecule has 248 valence electrons. The van der Waals surface area contributed by atoms with Gasteiger partial charge in [-0.25, -0.2) is 0 Å². The van der Waals surface area contributed by atoms with E-state index in [2.05, 4.69) is 0 Å². The Balaban J connectivity index is -0.0000000720. The SMILES string of the molecule is CC(=O)/C=C(/C)O.CC(=O)/C=C(/C)O.CC(=O)/C=C(/C)O.CC(=O)/C=C(/C)O.CC(=O)/C=C(/C)O.CC(=O)/C=C(\C)O.[Fe]. The molecule has 0 aromatic carbocycles. The first-order valence-corrected chi connectivity index (χ1v) is 12.0. The molecule has 43 heavy (non-hydrogen) atoms. The molecule has 0 heterocycles. The van der Waals surface area contributed by atoms with Crippen molar-refractivity contribution in [3.63, 3.8) is 0 Å². The molecule has 0 unspecified atom stereocenters. The van der Waals surface area contributed by atoms with Crippen molar-refractivity contribution in [2.75, 3.05) is 0 Å². The van der Waals surface area contributed by atoms with Gasteiger partial charge < -0.3 is 30.6 Å². The van der Waals surface area contributed by atoms with Crippen LogP contribution in [0.1, 0.15) is 83.1 Å². The number of carbonyl (C=O) groups is 6. The van der Waals surface area contributed by atoms with Crippen molar-refractivity contribution in [2.24, 2.45) is 0 Å². The van der Waals surface area contributed by atoms with E-state index in [0.29, 0.717) is 0 Å². The minimum Gasteiger partial charge on any atom is -0.512 e. The van der Waals surface area contributed by atoms with Crippen molar-refractivity contribution >= 4 is 34.7 Å². The number of hydrogen-bond donors (Lipinski definition) is 6. The Morgan fingerprint density at radius 3 is 0.349 bits per heavy atom. The van der Waals surface area contributed by atoms with Crippen LogP contribution in [0.5, 0.6) is 0 Å². The molecule has 0 atom stereocenters. The first-order chi connectivity index (χ1) is 18.8. The topological polar surface area (TPSA) is 224 Å². The zero-order valence-corrected chi connectivity index (χ0v) is 28.1. The third kappa shape index (κ3) is 124. The molecule has 0 saturated carbocycles. The molecule has 0 fully saturated rings. The molecule has 0 spiro atoms. The van der Waals surface area contributed by atoms with Crippen molar-refractivity contribution in [3.05, 3.63) is 71.0 Å². The maximum atomic E-state index is 10.0. The average Bonchev–Trinajstić information content (AvgIpc) is 2.63. The third-order valence-electron chi connectivity index (χ3n) is 2.47. The van der Waals surface area contributed by atoms with Crippen molar-refractivity contribution in [1.82, 2.24) is 0 Å². The molecular weight excluding hydrogens is 608 g/mol. The van der Waals surface area contributed by atoms with Crippen molar-refractivity contribution in [2.45, 2.75) is 83.1 Å². The van der Waals surface area contributed by atoms with Crippen LogP contribution >= 0.6 is 0 Å². The van der Waals surface area contributed by atoms with Gasteiger partial charge in [0, 0.05) is 53.5 Å². The summed E-state index contributed by atoms with van der Waals surface area (Å²) in [7, 11) is 0. The van der Waals surface area contributed by atoms with Gasteiger partial charge in [-0.1, -0.05) is 0 Å². The van der Waals surface area contributed by atoms with Gasteiger partial charge in [-0.05, 0) is 83.1 Å². The number of aliphatic hydroxyl groups excluding tert-OH is 6. The second-order valence-corrected chi connectivity index (χ2v) is 8.38. The summed E-state index contributed by atoms with van der Waals surface area (Å²) in [6, 6.07) is 0. The fraction of sp³-hybridized carbons (Fsp3) is 0.400. The van der Waals surface area contributed by atoms with Gasteiger partial charge in [-0.15, -0.1) is 0 Å². The van der Waals surface area contributed by atoms with E-state index in [4.69, 9.17) is 30.6 Å². The number of carbonyl (C=O) groups excluding carboxylic acids is 6. The molecule has 12 nitrogen and oxygen atoms in total. The molecule has 0 aromatic heterocycles. The Labute approximate surface area is 265 Å². The maximum Gasteiger partial charge on any atom is 0.155 e. The van der Waals surface area contributed by atoms with Crippen molar-refractivity contribution in [1.29, 1.82) is 0 Å². The minimum absolute atomic E-state index is 0. The Kier molecular flexibility index (Phi) is 45.6. The van der Waals surface area contributed by atoms with E-state index in [-0.39, 0.29) is 86.3 Å². The van der Waals surface area contributed by atoms with Crippen LogP contribution in [0.15, 0.2) is 71.0 Å². The van der Waals surface area contributed by atoms with Gasteiger partial charge in [-0.3, -0.25) is 28.8 Å². The van der Waals surface area contributed by atoms with Gasteiger partial charge in [0.15, 0.2) is 34.7 Å². The van der Waals surface area contributed by atoms with Crippen LogP contribution in [0, 0.1) is 0 Å². The van der Waals surface area contributed by atoms with Gasteiger partial charge >= 0.3 is 0 Å². The Hall–Kier alpha value is -4.22. The number of rotatable bonds is 6. The molecule has 0 radical (unpaired) electrons. The predicted molar refractivity (Wildman–Crippen MR) is 162 cm³/mol. The molecular formula is C30H48FeO12. The van der Waals surface area contributed by atoms with E-state index in [1.54, 1.807) is 0 Å². The van der Waals surface area contributed by atoms with Gasteiger partial charge in [0.25, 0.3) is 0 Å². The van der Waals surface area contributed by atoms with Crippen molar-refractivity contribution < 1.29 is 76.5 Å². The molecule has 0 saturated heterocycles. The molecule has 13 heteroatoms. The summed E-state index contributed by atoms with van der Waals surface area (Å²) in [5.41, 5.74) is 0. The number of ketones is 6. The van der Waals surface area contributed by atoms with E-state index < -0.39 is 0 Å². The first-order valence-electron chi connectivity index (χ1n) is 12.0. The number of aliphatic hydroxyl groups is 6. The van der Waals surface area contributed by atoms with Crippen LogP contribution in [-0.4, -0.2) is 65.3 Å². The van der Waals surface area contributed by atoms with Crippen LogP contribution in [-0.2, 0) is 45.8 Å². The van der Waals surface area contributed by atoms with Crippen LogP contribution in [0.4, 0.5) is 0 Å². The smallest absolute Gasteiger partial charge is 0.155 e. The molecule has 0 rings (SSSR count). The maximum absolute atomic E-state index is 10.0. The molecule has 0 aliphatic rings. The van der Waals surface area contributed by atoms with Gasteiger partial charge in [0.1, 0.15) is 0 Å². The zero-order chi connectivity index (χ0) is 35.2. The second-order valence-electron chi connectivity index (χ2n) is 8.38. The van der Waals surface area contributed by atoms with Crippen LogP contribution in [0.25, 0.3) is 0 Å². The summed E-state index contributed by atoms with van der Waals surface area (Å²) in [5.74, 6) is -0.375. The predicted octanol–water partition coefficient (Wildman–Crippen LogP) is 6.22. The van der Waals surface area contributed by atoms with Gasteiger partial charge in [0.2, 0.25) is 0 Å². The Morgan fingerprint density at radius 2 is 0.349 bits per heavy atom. The quantitative estimate of drug-likeness (QED) is 0.106. The van der Waals surface area contributed by atoms with Gasteiger partial charge in [-0.2, -0.15) is 0 Å². The average molecular weight is 657 g/mol.